The maximum Gasteiger partial charge on any atom is 0.262 e. The molecule has 0 radical (unpaired) electrons. The molecule has 0 bridgehead atoms. The van der Waals surface area contributed by atoms with Gasteiger partial charge in [-0.3, -0.25) is 14.6 Å². The number of aryl methyl sites for hydroxylation is 2. The molecule has 2 aliphatic rings. The third-order valence-corrected chi connectivity index (χ3v) is 8.97. The van der Waals surface area contributed by atoms with E-state index in [0.717, 1.165) is 55.8 Å². The van der Waals surface area contributed by atoms with Gasteiger partial charge in [0.25, 0.3) is 5.91 Å². The van der Waals surface area contributed by atoms with Crippen molar-refractivity contribution < 1.29 is 23.4 Å². The number of anilines is 3. The normalized spacial score (nSPS) is 15.8. The lowest BCUT2D eigenvalue weighted by Crippen LogP contribution is -2.49. The largest absolute Gasteiger partial charge is 0.489 e. The summed E-state index contributed by atoms with van der Waals surface area (Å²) >= 11 is 0. The lowest BCUT2D eigenvalue weighted by Gasteiger charge is -2.36. The number of benzene rings is 3. The van der Waals surface area contributed by atoms with E-state index in [4.69, 9.17) is 14.2 Å². The highest BCUT2D eigenvalue weighted by molar-refractivity contribution is 6.06. The third-order valence-electron chi connectivity index (χ3n) is 8.97. The van der Waals surface area contributed by atoms with Gasteiger partial charge in [0.1, 0.15) is 17.8 Å². The Morgan fingerprint density at radius 2 is 1.76 bits per heavy atom. The van der Waals surface area contributed by atoms with Crippen LogP contribution in [-0.4, -0.2) is 76.6 Å². The lowest BCUT2D eigenvalue weighted by molar-refractivity contribution is 0.0965. The summed E-state index contributed by atoms with van der Waals surface area (Å²) in [6.45, 7) is 17.4. The van der Waals surface area contributed by atoms with Gasteiger partial charge in [0.2, 0.25) is 11.8 Å². The zero-order chi connectivity index (χ0) is 34.7. The summed E-state index contributed by atoms with van der Waals surface area (Å²) in [6, 6.07) is 16.6. The first kappa shape index (κ1) is 34.1. The van der Waals surface area contributed by atoms with Crippen LogP contribution in [0.2, 0.25) is 0 Å². The molecule has 4 aromatic rings. The Labute approximate surface area is 287 Å². The highest BCUT2D eigenvalue weighted by Crippen LogP contribution is 2.43. The molecule has 1 fully saturated rings. The Balaban J connectivity index is 1.19. The fourth-order valence-electron chi connectivity index (χ4n) is 6.24. The van der Waals surface area contributed by atoms with E-state index in [9.17, 15) is 4.79 Å². The molecule has 1 aromatic heterocycles. The molecule has 2 aliphatic heterocycles. The van der Waals surface area contributed by atoms with Gasteiger partial charge in [-0.15, -0.1) is 0 Å². The Hall–Kier alpha value is -4.74. The number of carbonyl (C=O) groups is 1. The molecule has 3 aromatic carbocycles. The number of halogens is 1. The maximum absolute atomic E-state index is 15.1. The van der Waals surface area contributed by atoms with E-state index in [2.05, 4.69) is 44.2 Å². The van der Waals surface area contributed by atoms with Crippen LogP contribution < -0.4 is 24.8 Å². The van der Waals surface area contributed by atoms with Crippen molar-refractivity contribution in [2.75, 3.05) is 50.0 Å². The van der Waals surface area contributed by atoms with Gasteiger partial charge in [-0.1, -0.05) is 30.3 Å². The number of piperazine rings is 1. The molecule has 10 nitrogen and oxygen atoms in total. The van der Waals surface area contributed by atoms with E-state index in [0.29, 0.717) is 35.5 Å². The zero-order valence-electron chi connectivity index (χ0n) is 29.1. The van der Waals surface area contributed by atoms with Gasteiger partial charge in [0.05, 0.1) is 0 Å². The van der Waals surface area contributed by atoms with Crippen molar-refractivity contribution in [2.45, 2.75) is 59.6 Å². The van der Waals surface area contributed by atoms with Gasteiger partial charge in [-0.05, 0) is 70.9 Å². The average Bonchev–Trinajstić information content (AvgIpc) is 3.39. The zero-order valence-corrected chi connectivity index (χ0v) is 29.1. The second-order valence-electron chi connectivity index (χ2n) is 13.6. The predicted octanol–water partition coefficient (Wildman–Crippen LogP) is 7.14. The van der Waals surface area contributed by atoms with Crippen LogP contribution in [0, 0.1) is 19.7 Å². The average molecular weight is 669 g/mol. The number of hydrogen-bond donors (Lipinski definition) is 2. The van der Waals surface area contributed by atoms with Crippen LogP contribution in [0.4, 0.5) is 21.7 Å². The van der Waals surface area contributed by atoms with Crippen LogP contribution in [0.5, 0.6) is 23.1 Å². The SMILES string of the molecule is Cc1cccc(C)c1NC(=O)c1cnc(Nc2ccc(OCCN3CCN(C(C)C)CC3)c(F)c2)nc1Oc1cccc2c1OC(C)(C)C2. The number of rotatable bonds is 11. The van der Waals surface area contributed by atoms with Crippen molar-refractivity contribution in [3.63, 3.8) is 0 Å². The van der Waals surface area contributed by atoms with Crippen LogP contribution in [-0.2, 0) is 6.42 Å². The maximum atomic E-state index is 15.1. The summed E-state index contributed by atoms with van der Waals surface area (Å²) in [4.78, 5) is 27.4. The van der Waals surface area contributed by atoms with E-state index < -0.39 is 17.3 Å². The molecule has 1 amide bonds. The van der Waals surface area contributed by atoms with Crippen LogP contribution in [0.25, 0.3) is 0 Å². The summed E-state index contributed by atoms with van der Waals surface area (Å²) in [5.41, 5.74) is 3.70. The Bertz CT molecular complexity index is 1800. The molecule has 2 N–H and O–H groups in total. The minimum Gasteiger partial charge on any atom is -0.489 e. The number of amides is 1. The minimum absolute atomic E-state index is 0.0256. The molecule has 0 spiro atoms. The van der Waals surface area contributed by atoms with Crippen molar-refractivity contribution in [3.05, 3.63) is 88.9 Å². The fourth-order valence-corrected chi connectivity index (χ4v) is 6.24. The van der Waals surface area contributed by atoms with E-state index in [-0.39, 0.29) is 23.1 Å². The number of nitrogens with zero attached hydrogens (tertiary/aromatic N) is 4. The first-order valence-electron chi connectivity index (χ1n) is 16.8. The molecule has 49 heavy (non-hydrogen) atoms. The van der Waals surface area contributed by atoms with Gasteiger partial charge in [-0.2, -0.15) is 4.98 Å². The van der Waals surface area contributed by atoms with Crippen molar-refractivity contribution >= 4 is 23.2 Å². The van der Waals surface area contributed by atoms with Gasteiger partial charge in [0.15, 0.2) is 23.1 Å². The van der Waals surface area contributed by atoms with Crippen molar-refractivity contribution in [2.24, 2.45) is 0 Å². The number of aromatic nitrogens is 2. The van der Waals surface area contributed by atoms with Gasteiger partial charge >= 0.3 is 0 Å². The smallest absolute Gasteiger partial charge is 0.262 e. The monoisotopic (exact) mass is 668 g/mol. The quantitative estimate of drug-likeness (QED) is 0.173. The number of fused-ring (bicyclic) bond motifs is 1. The highest BCUT2D eigenvalue weighted by atomic mass is 19.1. The number of carbonyl (C=O) groups excluding carboxylic acids is 1. The molecule has 0 atom stereocenters. The van der Waals surface area contributed by atoms with E-state index in [1.165, 1.54) is 12.3 Å². The number of hydrogen-bond acceptors (Lipinski definition) is 9. The van der Waals surface area contributed by atoms with Gasteiger partial charge in [-0.25, -0.2) is 9.37 Å². The molecule has 11 heteroatoms. The van der Waals surface area contributed by atoms with Crippen molar-refractivity contribution in [1.29, 1.82) is 0 Å². The predicted molar refractivity (Wildman–Crippen MR) is 189 cm³/mol. The van der Waals surface area contributed by atoms with Gasteiger partial charge < -0.3 is 24.8 Å². The van der Waals surface area contributed by atoms with Crippen LogP contribution in [0.3, 0.4) is 0 Å². The van der Waals surface area contributed by atoms with Crippen LogP contribution in [0.15, 0.2) is 60.8 Å². The molecular formula is C38H45FN6O4. The summed E-state index contributed by atoms with van der Waals surface area (Å²) in [6.07, 6.45) is 2.12. The molecule has 0 aliphatic carbocycles. The second-order valence-corrected chi connectivity index (χ2v) is 13.6. The Morgan fingerprint density at radius 1 is 1.02 bits per heavy atom. The molecular weight excluding hydrogens is 623 g/mol. The van der Waals surface area contributed by atoms with Crippen molar-refractivity contribution in [1.82, 2.24) is 19.8 Å². The lowest BCUT2D eigenvalue weighted by atomic mass is 10.0. The minimum atomic E-state index is -0.504. The molecule has 6 rings (SSSR count). The first-order chi connectivity index (χ1) is 23.5. The third kappa shape index (κ3) is 8.12. The molecule has 1 saturated heterocycles. The summed E-state index contributed by atoms with van der Waals surface area (Å²) in [5, 5.41) is 6.04. The Kier molecular flexibility index (Phi) is 10.0. The molecule has 0 unspecified atom stereocenters. The summed E-state index contributed by atoms with van der Waals surface area (Å²) in [5.74, 6) is 0.437. The van der Waals surface area contributed by atoms with E-state index in [1.807, 2.05) is 58.0 Å². The highest BCUT2D eigenvalue weighted by Gasteiger charge is 2.33. The molecule has 0 saturated carbocycles. The number of para-hydroxylation sites is 2. The fraction of sp³-hybridized carbons (Fsp3) is 0.395. The van der Waals surface area contributed by atoms with Gasteiger partial charge in [0, 0.05) is 74.4 Å². The molecule has 3 heterocycles. The first-order valence-corrected chi connectivity index (χ1v) is 16.8. The van der Waals surface area contributed by atoms with E-state index >= 15 is 4.39 Å². The second kappa shape index (κ2) is 14.4. The van der Waals surface area contributed by atoms with Crippen molar-refractivity contribution in [3.8, 4) is 23.1 Å². The number of ether oxygens (including phenoxy) is 3. The molecule has 258 valence electrons. The Morgan fingerprint density at radius 3 is 2.47 bits per heavy atom. The standard InChI is InChI=1S/C38H45FN6O4/c1-24(2)45-17-15-44(16-18-45)19-20-47-31-14-13-28(21-30(31)39)41-37-40-23-29(35(46)42-33-25(3)9-7-10-26(33)4)36(43-37)48-32-12-8-11-27-22-38(5,6)49-34(27)32/h7-14,21,23-24H,15-20,22H2,1-6H3,(H,42,46)(H,40,41,43). The van der Waals surface area contributed by atoms with Crippen LogP contribution >= 0.6 is 0 Å². The van der Waals surface area contributed by atoms with E-state index in [1.54, 1.807) is 18.2 Å². The summed E-state index contributed by atoms with van der Waals surface area (Å²) in [7, 11) is 0. The topological polar surface area (TPSA) is 101 Å². The van der Waals surface area contributed by atoms with Crippen LogP contribution in [0.1, 0.15) is 54.7 Å². The number of nitrogens with one attached hydrogen (secondary N) is 2. The summed E-state index contributed by atoms with van der Waals surface area (Å²) < 4.78 is 33.5.